The molecule has 0 bridgehead atoms. The summed E-state index contributed by atoms with van der Waals surface area (Å²) in [4.78, 5) is 1.99. The zero-order valence-corrected chi connectivity index (χ0v) is 19.8. The van der Waals surface area contributed by atoms with Crippen LogP contribution >= 0.6 is 23.2 Å². The van der Waals surface area contributed by atoms with Crippen LogP contribution in [-0.2, 0) is 16.6 Å². The third kappa shape index (κ3) is 5.30. The van der Waals surface area contributed by atoms with Crippen molar-refractivity contribution in [3.8, 4) is 11.8 Å². The van der Waals surface area contributed by atoms with Gasteiger partial charge in [-0.3, -0.25) is 4.57 Å². The number of rotatable bonds is 8. The summed E-state index contributed by atoms with van der Waals surface area (Å²) in [6.45, 7) is 4.07. The minimum atomic E-state index is -3.85. The molecule has 0 aliphatic rings. The molecule has 2 aromatic carbocycles. The molecule has 0 saturated carbocycles. The van der Waals surface area contributed by atoms with E-state index in [9.17, 15) is 8.42 Å². The highest BCUT2D eigenvalue weighted by molar-refractivity contribution is 7.89. The molecule has 0 aliphatic carbocycles. The first kappa shape index (κ1) is 23.3. The Labute approximate surface area is 191 Å². The number of nitrogens with one attached hydrogen (secondary N) is 1. The first-order valence-corrected chi connectivity index (χ1v) is 11.7. The predicted octanol–water partition coefficient (Wildman–Crippen LogP) is 4.50. The van der Waals surface area contributed by atoms with E-state index in [0.717, 1.165) is 5.69 Å². The Hall–Kier alpha value is -2.33. The standard InChI is InChI=1S/C20H23Cl2N5O3S/c1-5-27-19(13(2)25-31(28,29)16-10-11-17(21)18(22)12-16)23-24-20(27)30-15-8-6-14(7-9-15)26(3)4/h6-13,25H,5H2,1-4H3/t13-/m1/s1. The molecule has 1 heterocycles. The van der Waals surface area contributed by atoms with Crippen LogP contribution in [0.3, 0.4) is 0 Å². The van der Waals surface area contributed by atoms with Gasteiger partial charge < -0.3 is 9.64 Å². The number of hydrogen-bond donors (Lipinski definition) is 1. The number of anilines is 1. The number of nitrogens with zero attached hydrogens (tertiary/aromatic N) is 4. The molecule has 166 valence electrons. The van der Waals surface area contributed by atoms with Gasteiger partial charge in [-0.15, -0.1) is 5.10 Å². The molecule has 11 heteroatoms. The van der Waals surface area contributed by atoms with Gasteiger partial charge >= 0.3 is 6.01 Å². The molecule has 8 nitrogen and oxygen atoms in total. The van der Waals surface area contributed by atoms with Gasteiger partial charge in [0.25, 0.3) is 0 Å². The van der Waals surface area contributed by atoms with Crippen LogP contribution in [0.25, 0.3) is 0 Å². The molecule has 0 fully saturated rings. The second kappa shape index (κ2) is 9.44. The molecule has 0 saturated heterocycles. The van der Waals surface area contributed by atoms with E-state index in [0.29, 0.717) is 18.1 Å². The number of ether oxygens (including phenoxy) is 1. The van der Waals surface area contributed by atoms with Gasteiger partial charge in [0.15, 0.2) is 5.82 Å². The quantitative estimate of drug-likeness (QED) is 0.507. The maximum absolute atomic E-state index is 12.8. The summed E-state index contributed by atoms with van der Waals surface area (Å²) in [5.41, 5.74) is 1.04. The van der Waals surface area contributed by atoms with Gasteiger partial charge in [-0.25, -0.2) is 13.1 Å². The maximum atomic E-state index is 12.8. The molecule has 31 heavy (non-hydrogen) atoms. The largest absolute Gasteiger partial charge is 0.424 e. The molecule has 0 amide bonds. The van der Waals surface area contributed by atoms with E-state index in [1.165, 1.54) is 18.2 Å². The number of benzene rings is 2. The van der Waals surface area contributed by atoms with E-state index in [1.807, 2.05) is 50.2 Å². The number of halogens is 2. The smallest absolute Gasteiger partial charge is 0.322 e. The van der Waals surface area contributed by atoms with E-state index in [1.54, 1.807) is 11.5 Å². The molecule has 0 aliphatic heterocycles. The van der Waals surface area contributed by atoms with Crippen molar-refractivity contribution in [2.24, 2.45) is 0 Å². The Morgan fingerprint density at radius 1 is 1.10 bits per heavy atom. The van der Waals surface area contributed by atoms with Crippen LogP contribution in [0, 0.1) is 0 Å². The molecular weight excluding hydrogens is 461 g/mol. The molecule has 1 atom stereocenters. The second-order valence-corrected chi connectivity index (χ2v) is 9.52. The van der Waals surface area contributed by atoms with Gasteiger partial charge in [0.2, 0.25) is 10.0 Å². The maximum Gasteiger partial charge on any atom is 0.322 e. The van der Waals surface area contributed by atoms with Crippen molar-refractivity contribution in [2.45, 2.75) is 31.3 Å². The Kier molecular flexibility index (Phi) is 7.10. The average molecular weight is 484 g/mol. The van der Waals surface area contributed by atoms with E-state index in [2.05, 4.69) is 14.9 Å². The molecule has 0 spiro atoms. The molecular formula is C20H23Cl2N5O3S. The van der Waals surface area contributed by atoms with Gasteiger partial charge in [0.1, 0.15) is 5.75 Å². The van der Waals surface area contributed by atoms with Crippen molar-refractivity contribution in [1.29, 1.82) is 0 Å². The van der Waals surface area contributed by atoms with Crippen LogP contribution in [0.4, 0.5) is 5.69 Å². The van der Waals surface area contributed by atoms with Gasteiger partial charge in [0, 0.05) is 26.3 Å². The van der Waals surface area contributed by atoms with Gasteiger partial charge in [-0.2, -0.15) is 0 Å². The molecule has 1 N–H and O–H groups in total. The topological polar surface area (TPSA) is 89.3 Å². The first-order valence-electron chi connectivity index (χ1n) is 9.48. The summed E-state index contributed by atoms with van der Waals surface area (Å²) in [6, 6.07) is 11.3. The average Bonchev–Trinajstić information content (AvgIpc) is 3.12. The van der Waals surface area contributed by atoms with Crippen molar-refractivity contribution in [3.63, 3.8) is 0 Å². The number of hydrogen-bond acceptors (Lipinski definition) is 6. The summed E-state index contributed by atoms with van der Waals surface area (Å²) in [5, 5.41) is 8.68. The first-order chi connectivity index (χ1) is 14.6. The summed E-state index contributed by atoms with van der Waals surface area (Å²) < 4.78 is 35.7. The highest BCUT2D eigenvalue weighted by Crippen LogP contribution is 2.27. The second-order valence-electron chi connectivity index (χ2n) is 6.99. The summed E-state index contributed by atoms with van der Waals surface area (Å²) in [7, 11) is 0.0552. The van der Waals surface area contributed by atoms with Crippen LogP contribution < -0.4 is 14.4 Å². The molecule has 3 aromatic rings. The van der Waals surface area contributed by atoms with Crippen molar-refractivity contribution in [1.82, 2.24) is 19.5 Å². The number of sulfonamides is 1. The molecule has 1 aromatic heterocycles. The number of aromatic nitrogens is 3. The summed E-state index contributed by atoms with van der Waals surface area (Å²) in [6.07, 6.45) is 0. The third-order valence-electron chi connectivity index (χ3n) is 4.54. The fourth-order valence-electron chi connectivity index (χ4n) is 2.91. The Bertz CT molecular complexity index is 1160. The molecule has 0 radical (unpaired) electrons. The SMILES string of the molecule is CCn1c(Oc2ccc(N(C)C)cc2)nnc1[C@@H](C)NS(=O)(=O)c1ccc(Cl)c(Cl)c1. The molecule has 3 rings (SSSR count). The van der Waals surface area contributed by atoms with Crippen molar-refractivity contribution < 1.29 is 13.2 Å². The van der Waals surface area contributed by atoms with Crippen LogP contribution in [0.15, 0.2) is 47.4 Å². The lowest BCUT2D eigenvalue weighted by Crippen LogP contribution is -2.29. The lowest BCUT2D eigenvalue weighted by molar-refractivity contribution is 0.408. The normalized spacial score (nSPS) is 12.6. The van der Waals surface area contributed by atoms with E-state index >= 15 is 0 Å². The molecule has 0 unspecified atom stereocenters. The fraction of sp³-hybridized carbons (Fsp3) is 0.300. The Morgan fingerprint density at radius 3 is 2.35 bits per heavy atom. The highest BCUT2D eigenvalue weighted by Gasteiger charge is 2.24. The van der Waals surface area contributed by atoms with Crippen molar-refractivity contribution in [3.05, 3.63) is 58.3 Å². The van der Waals surface area contributed by atoms with Gasteiger partial charge in [-0.05, 0) is 56.3 Å². The minimum Gasteiger partial charge on any atom is -0.424 e. The zero-order valence-electron chi connectivity index (χ0n) is 17.5. The van der Waals surface area contributed by atoms with E-state index < -0.39 is 16.1 Å². The zero-order chi connectivity index (χ0) is 22.8. The lowest BCUT2D eigenvalue weighted by atomic mass is 10.3. The van der Waals surface area contributed by atoms with Crippen molar-refractivity contribution >= 4 is 38.9 Å². The summed E-state index contributed by atoms with van der Waals surface area (Å²) in [5.74, 6) is 1.02. The predicted molar refractivity (Wildman–Crippen MR) is 122 cm³/mol. The third-order valence-corrected chi connectivity index (χ3v) is 6.82. The van der Waals surface area contributed by atoms with Gasteiger partial charge in [-0.1, -0.05) is 28.3 Å². The minimum absolute atomic E-state index is 0.00812. The van der Waals surface area contributed by atoms with Crippen LogP contribution in [-0.4, -0.2) is 37.3 Å². The van der Waals surface area contributed by atoms with E-state index in [-0.39, 0.29) is 21.0 Å². The van der Waals surface area contributed by atoms with Crippen LogP contribution in [0.5, 0.6) is 11.8 Å². The fourth-order valence-corrected chi connectivity index (χ4v) is 4.50. The monoisotopic (exact) mass is 483 g/mol. The van der Waals surface area contributed by atoms with E-state index in [4.69, 9.17) is 27.9 Å². The lowest BCUT2D eigenvalue weighted by Gasteiger charge is -2.16. The van der Waals surface area contributed by atoms with Crippen molar-refractivity contribution in [2.75, 3.05) is 19.0 Å². The highest BCUT2D eigenvalue weighted by atomic mass is 35.5. The Morgan fingerprint density at radius 2 is 1.77 bits per heavy atom. The van der Waals surface area contributed by atoms with Crippen LogP contribution in [0.2, 0.25) is 10.0 Å². The van der Waals surface area contributed by atoms with Gasteiger partial charge in [0.05, 0.1) is 21.0 Å². The van der Waals surface area contributed by atoms with Crippen LogP contribution in [0.1, 0.15) is 25.7 Å². The summed E-state index contributed by atoms with van der Waals surface area (Å²) >= 11 is 11.8. The Balaban J connectivity index is 1.81.